The van der Waals surface area contributed by atoms with Crippen molar-refractivity contribution in [1.29, 1.82) is 0 Å². The number of nitrogens with zero attached hydrogens (tertiary/aromatic N) is 2. The molecule has 7 heteroatoms. The molecule has 2 rings (SSSR count). The summed E-state index contributed by atoms with van der Waals surface area (Å²) in [6.07, 6.45) is 2.66. The van der Waals surface area contributed by atoms with Crippen molar-refractivity contribution in [2.75, 3.05) is 46.4 Å². The van der Waals surface area contributed by atoms with Crippen molar-refractivity contribution in [3.63, 3.8) is 0 Å². The fraction of sp³-hybridized carbons (Fsp3) is 0.722. The van der Waals surface area contributed by atoms with Gasteiger partial charge in [0, 0.05) is 51.8 Å². The quantitative estimate of drug-likeness (QED) is 0.290. The monoisotopic (exact) mass is 480 g/mol. The lowest BCUT2D eigenvalue weighted by Gasteiger charge is -2.22. The molecule has 0 aromatic carbocycles. The van der Waals surface area contributed by atoms with Crippen LogP contribution in [0.1, 0.15) is 38.2 Å². The molecule has 1 atom stereocenters. The zero-order valence-electron chi connectivity index (χ0n) is 15.7. The van der Waals surface area contributed by atoms with Gasteiger partial charge in [-0.3, -0.25) is 9.89 Å². The van der Waals surface area contributed by atoms with Crippen molar-refractivity contribution in [3.8, 4) is 0 Å². The van der Waals surface area contributed by atoms with Gasteiger partial charge in [0.25, 0.3) is 0 Å². The normalized spacial score (nSPS) is 15.8. The second-order valence-electron chi connectivity index (χ2n) is 6.36. The van der Waals surface area contributed by atoms with Crippen LogP contribution in [0.2, 0.25) is 0 Å². The van der Waals surface area contributed by atoms with Crippen LogP contribution < -0.4 is 10.6 Å². The van der Waals surface area contributed by atoms with E-state index < -0.39 is 0 Å². The molecule has 0 saturated heterocycles. The fourth-order valence-electron chi connectivity index (χ4n) is 2.67. The topological polar surface area (TPSA) is 48.9 Å². The molecular formula is C18H33IN4OS. The van der Waals surface area contributed by atoms with E-state index >= 15 is 0 Å². The first-order valence-electron chi connectivity index (χ1n) is 9.01. The summed E-state index contributed by atoms with van der Waals surface area (Å²) in [5, 5.41) is 11.2. The van der Waals surface area contributed by atoms with Gasteiger partial charge in [0.15, 0.2) is 5.96 Å². The summed E-state index contributed by atoms with van der Waals surface area (Å²) in [5.74, 6) is 1.37. The summed E-state index contributed by atoms with van der Waals surface area (Å²) in [7, 11) is 1.77. The maximum Gasteiger partial charge on any atom is 0.191 e. The van der Waals surface area contributed by atoms with Crippen molar-refractivity contribution < 1.29 is 4.74 Å². The van der Waals surface area contributed by atoms with Gasteiger partial charge in [-0.05, 0) is 42.2 Å². The lowest BCUT2D eigenvalue weighted by Crippen LogP contribution is -2.43. The molecule has 1 heterocycles. The Hall–Kier alpha value is -0.380. The second kappa shape index (κ2) is 12.9. The zero-order valence-corrected chi connectivity index (χ0v) is 18.8. The molecule has 0 bridgehead atoms. The number of halogens is 1. The van der Waals surface area contributed by atoms with E-state index in [4.69, 9.17) is 9.73 Å². The minimum absolute atomic E-state index is 0. The molecule has 1 aromatic rings. The minimum atomic E-state index is 0. The molecular weight excluding hydrogens is 447 g/mol. The standard InChI is InChI=1S/C18H32N4OS.HI/c1-4-19-18(21-13-15(2)16-7-12-24-14-16)20-8-9-22(10-11-23-3)17-5-6-17;/h7,12,14-15,17H,4-6,8-11,13H2,1-3H3,(H2,19,20,21);1H. The summed E-state index contributed by atoms with van der Waals surface area (Å²) in [6.45, 7) is 9.81. The van der Waals surface area contributed by atoms with Gasteiger partial charge in [0.1, 0.15) is 0 Å². The first kappa shape index (κ1) is 22.7. The molecule has 1 aliphatic rings. The number of methoxy groups -OCH3 is 1. The number of hydrogen-bond acceptors (Lipinski definition) is 4. The molecule has 1 saturated carbocycles. The predicted octanol–water partition coefficient (Wildman–Crippen LogP) is 3.14. The van der Waals surface area contributed by atoms with Crippen LogP contribution in [-0.4, -0.2) is 63.3 Å². The van der Waals surface area contributed by atoms with Gasteiger partial charge in [-0.25, -0.2) is 0 Å². The molecule has 25 heavy (non-hydrogen) atoms. The minimum Gasteiger partial charge on any atom is -0.383 e. The Morgan fingerprint density at radius 2 is 2.20 bits per heavy atom. The molecule has 1 unspecified atom stereocenters. The van der Waals surface area contributed by atoms with E-state index in [1.54, 1.807) is 18.4 Å². The molecule has 1 aliphatic carbocycles. The Kier molecular flexibility index (Phi) is 11.7. The summed E-state index contributed by atoms with van der Waals surface area (Å²) >= 11 is 1.75. The van der Waals surface area contributed by atoms with Crippen molar-refractivity contribution in [2.24, 2.45) is 4.99 Å². The summed E-state index contributed by atoms with van der Waals surface area (Å²) in [6, 6.07) is 2.95. The molecule has 2 N–H and O–H groups in total. The van der Waals surface area contributed by atoms with Gasteiger partial charge in [-0.1, -0.05) is 6.92 Å². The Balaban J connectivity index is 0.00000312. The molecule has 5 nitrogen and oxygen atoms in total. The van der Waals surface area contributed by atoms with Crippen LogP contribution in [0.4, 0.5) is 0 Å². The lowest BCUT2D eigenvalue weighted by molar-refractivity contribution is 0.144. The van der Waals surface area contributed by atoms with E-state index in [1.807, 2.05) is 0 Å². The molecule has 0 aliphatic heterocycles. The van der Waals surface area contributed by atoms with E-state index in [1.165, 1.54) is 18.4 Å². The van der Waals surface area contributed by atoms with Crippen molar-refractivity contribution in [2.45, 2.75) is 38.6 Å². The largest absolute Gasteiger partial charge is 0.383 e. The average molecular weight is 480 g/mol. The van der Waals surface area contributed by atoms with E-state index in [0.29, 0.717) is 5.92 Å². The molecule has 144 valence electrons. The Morgan fingerprint density at radius 1 is 1.40 bits per heavy atom. The van der Waals surface area contributed by atoms with Crippen LogP contribution in [0.5, 0.6) is 0 Å². The van der Waals surface area contributed by atoms with Crippen molar-refractivity contribution >= 4 is 41.3 Å². The number of rotatable bonds is 11. The number of nitrogens with one attached hydrogen (secondary N) is 2. The van der Waals surface area contributed by atoms with Crippen LogP contribution in [0.3, 0.4) is 0 Å². The zero-order chi connectivity index (χ0) is 17.2. The highest BCUT2D eigenvalue weighted by atomic mass is 127. The van der Waals surface area contributed by atoms with E-state index in [0.717, 1.165) is 51.3 Å². The van der Waals surface area contributed by atoms with E-state index in [9.17, 15) is 0 Å². The molecule has 0 radical (unpaired) electrons. The van der Waals surface area contributed by atoms with Crippen LogP contribution >= 0.6 is 35.3 Å². The number of thiophene rings is 1. The van der Waals surface area contributed by atoms with Gasteiger partial charge in [0.05, 0.1) is 6.61 Å². The highest BCUT2D eigenvalue weighted by Gasteiger charge is 2.28. The smallest absolute Gasteiger partial charge is 0.191 e. The summed E-state index contributed by atoms with van der Waals surface area (Å²) in [5.41, 5.74) is 1.37. The summed E-state index contributed by atoms with van der Waals surface area (Å²) in [4.78, 5) is 7.27. The van der Waals surface area contributed by atoms with Gasteiger partial charge in [-0.2, -0.15) is 11.3 Å². The van der Waals surface area contributed by atoms with E-state index in [2.05, 4.69) is 46.2 Å². The van der Waals surface area contributed by atoms with Gasteiger partial charge >= 0.3 is 0 Å². The predicted molar refractivity (Wildman–Crippen MR) is 119 cm³/mol. The first-order chi connectivity index (χ1) is 11.7. The van der Waals surface area contributed by atoms with E-state index in [-0.39, 0.29) is 24.0 Å². The number of guanidine groups is 1. The highest BCUT2D eigenvalue weighted by molar-refractivity contribution is 14.0. The Bertz CT molecular complexity index is 479. The van der Waals surface area contributed by atoms with Crippen LogP contribution in [-0.2, 0) is 4.74 Å². The number of hydrogen-bond donors (Lipinski definition) is 2. The first-order valence-corrected chi connectivity index (χ1v) is 9.96. The number of ether oxygens (including phenoxy) is 1. The third-order valence-corrected chi connectivity index (χ3v) is 5.02. The van der Waals surface area contributed by atoms with Crippen molar-refractivity contribution in [1.82, 2.24) is 15.5 Å². The Labute approximate surface area is 173 Å². The van der Waals surface area contributed by atoms with Gasteiger partial charge in [0.2, 0.25) is 0 Å². The fourth-order valence-corrected chi connectivity index (χ4v) is 3.46. The SMILES string of the molecule is CCNC(=NCC(C)c1ccsc1)NCCN(CCOC)C1CC1.I. The maximum atomic E-state index is 5.22. The van der Waals surface area contributed by atoms with Crippen molar-refractivity contribution in [3.05, 3.63) is 22.4 Å². The molecule has 0 amide bonds. The molecule has 0 spiro atoms. The Morgan fingerprint density at radius 3 is 2.80 bits per heavy atom. The highest BCUT2D eigenvalue weighted by Crippen LogP contribution is 2.26. The van der Waals surface area contributed by atoms with Crippen LogP contribution in [0.25, 0.3) is 0 Å². The van der Waals surface area contributed by atoms with Gasteiger partial charge in [-0.15, -0.1) is 24.0 Å². The third-order valence-electron chi connectivity index (χ3n) is 4.32. The third kappa shape index (κ3) is 8.70. The van der Waals surface area contributed by atoms with Gasteiger partial charge < -0.3 is 15.4 Å². The second-order valence-corrected chi connectivity index (χ2v) is 7.14. The molecule has 1 aromatic heterocycles. The number of aliphatic imine (C=N–C) groups is 1. The average Bonchev–Trinajstić information content (AvgIpc) is 3.28. The summed E-state index contributed by atoms with van der Waals surface area (Å²) < 4.78 is 5.22. The molecule has 1 fully saturated rings. The maximum absolute atomic E-state index is 5.22. The van der Waals surface area contributed by atoms with Crippen LogP contribution in [0, 0.1) is 0 Å². The lowest BCUT2D eigenvalue weighted by atomic mass is 10.1. The van der Waals surface area contributed by atoms with Crippen LogP contribution in [0.15, 0.2) is 21.8 Å².